The van der Waals surface area contributed by atoms with Crippen LogP contribution in [-0.4, -0.2) is 33.9 Å². The zero-order chi connectivity index (χ0) is 11.5. The van der Waals surface area contributed by atoms with Gasteiger partial charge < -0.3 is 14.6 Å². The van der Waals surface area contributed by atoms with Gasteiger partial charge in [-0.3, -0.25) is 4.79 Å². The first-order valence-corrected chi connectivity index (χ1v) is 5.71. The molecular weight excluding hydrogens is 206 g/mol. The predicted octanol–water partition coefficient (Wildman–Crippen LogP) is 0.224. The second-order valence-corrected chi connectivity index (χ2v) is 4.14. The van der Waals surface area contributed by atoms with Crippen LogP contribution in [0.5, 0.6) is 0 Å². The summed E-state index contributed by atoms with van der Waals surface area (Å²) in [4.78, 5) is 18.0. The monoisotopic (exact) mass is 223 g/mol. The fourth-order valence-electron chi connectivity index (χ4n) is 2.00. The highest BCUT2D eigenvalue weighted by Gasteiger charge is 2.23. The van der Waals surface area contributed by atoms with Gasteiger partial charge in [0.1, 0.15) is 0 Å². The summed E-state index contributed by atoms with van der Waals surface area (Å²) in [7, 11) is 0. The molecule has 0 amide bonds. The molecule has 1 aromatic rings. The van der Waals surface area contributed by atoms with Crippen molar-refractivity contribution in [3.8, 4) is 0 Å². The summed E-state index contributed by atoms with van der Waals surface area (Å²) >= 11 is 0. The van der Waals surface area contributed by atoms with Crippen molar-refractivity contribution in [2.24, 2.45) is 0 Å². The predicted molar refractivity (Wildman–Crippen MR) is 61.6 cm³/mol. The lowest BCUT2D eigenvalue weighted by Gasteiger charge is -2.16. The summed E-state index contributed by atoms with van der Waals surface area (Å²) in [6.45, 7) is 3.97. The molecule has 88 valence electrons. The Kier molecular flexibility index (Phi) is 3.24. The van der Waals surface area contributed by atoms with Crippen molar-refractivity contribution < 1.29 is 5.11 Å². The number of aromatic nitrogens is 2. The van der Waals surface area contributed by atoms with E-state index in [0.717, 1.165) is 6.42 Å². The molecule has 1 unspecified atom stereocenters. The maximum atomic E-state index is 12.0. The third-order valence-corrected chi connectivity index (χ3v) is 2.82. The second kappa shape index (κ2) is 4.65. The largest absolute Gasteiger partial charge is 0.391 e. The highest BCUT2D eigenvalue weighted by molar-refractivity contribution is 5.37. The van der Waals surface area contributed by atoms with Gasteiger partial charge in [-0.15, -0.1) is 0 Å². The smallest absolute Gasteiger partial charge is 0.293 e. The second-order valence-electron chi connectivity index (χ2n) is 4.14. The third kappa shape index (κ3) is 2.09. The van der Waals surface area contributed by atoms with Gasteiger partial charge >= 0.3 is 0 Å². The van der Waals surface area contributed by atoms with Gasteiger partial charge in [-0.25, -0.2) is 4.98 Å². The molecule has 1 fully saturated rings. The van der Waals surface area contributed by atoms with Crippen LogP contribution in [0, 0.1) is 0 Å². The molecule has 5 heteroatoms. The zero-order valence-corrected chi connectivity index (χ0v) is 9.46. The minimum atomic E-state index is -0.332. The van der Waals surface area contributed by atoms with Crippen LogP contribution >= 0.6 is 0 Å². The Balaban J connectivity index is 2.27. The molecule has 0 aromatic carbocycles. The number of nitrogens with zero attached hydrogens (tertiary/aromatic N) is 3. The summed E-state index contributed by atoms with van der Waals surface area (Å²) in [5.74, 6) is 0.465. The van der Waals surface area contributed by atoms with Crippen molar-refractivity contribution >= 4 is 5.82 Å². The molecule has 0 radical (unpaired) electrons. The van der Waals surface area contributed by atoms with Crippen molar-refractivity contribution in [1.29, 1.82) is 0 Å². The van der Waals surface area contributed by atoms with Gasteiger partial charge in [-0.2, -0.15) is 0 Å². The van der Waals surface area contributed by atoms with Crippen molar-refractivity contribution in [2.45, 2.75) is 32.4 Å². The van der Waals surface area contributed by atoms with Gasteiger partial charge in [-0.1, -0.05) is 6.92 Å². The van der Waals surface area contributed by atoms with Crippen LogP contribution in [0.25, 0.3) is 0 Å². The van der Waals surface area contributed by atoms with Gasteiger partial charge in [0, 0.05) is 32.0 Å². The van der Waals surface area contributed by atoms with Crippen LogP contribution in [0.3, 0.4) is 0 Å². The fraction of sp³-hybridized carbons (Fsp3) is 0.636. The van der Waals surface area contributed by atoms with E-state index in [1.807, 2.05) is 11.8 Å². The lowest BCUT2D eigenvalue weighted by Crippen LogP contribution is -2.32. The molecule has 1 saturated heterocycles. The van der Waals surface area contributed by atoms with Crippen molar-refractivity contribution in [3.05, 3.63) is 22.7 Å². The molecule has 5 nitrogen and oxygen atoms in total. The quantitative estimate of drug-likeness (QED) is 0.796. The summed E-state index contributed by atoms with van der Waals surface area (Å²) in [6, 6.07) is 0. The van der Waals surface area contributed by atoms with E-state index < -0.39 is 0 Å². The van der Waals surface area contributed by atoms with Gasteiger partial charge in [0.2, 0.25) is 0 Å². The number of hydrogen-bond acceptors (Lipinski definition) is 4. The van der Waals surface area contributed by atoms with E-state index >= 15 is 0 Å². The van der Waals surface area contributed by atoms with Crippen molar-refractivity contribution in [3.63, 3.8) is 0 Å². The highest BCUT2D eigenvalue weighted by atomic mass is 16.3. The molecule has 0 spiro atoms. The Bertz CT molecular complexity index is 416. The molecule has 0 saturated carbocycles. The number of hydrogen-bond donors (Lipinski definition) is 1. The summed E-state index contributed by atoms with van der Waals surface area (Å²) in [5, 5.41) is 9.45. The Hall–Kier alpha value is -1.36. The number of anilines is 1. The lowest BCUT2D eigenvalue weighted by molar-refractivity contribution is 0.198. The molecule has 1 atom stereocenters. The Morgan fingerprint density at radius 3 is 3.06 bits per heavy atom. The first-order chi connectivity index (χ1) is 7.72. The van der Waals surface area contributed by atoms with Crippen molar-refractivity contribution in [2.75, 3.05) is 18.0 Å². The Morgan fingerprint density at radius 2 is 2.44 bits per heavy atom. The zero-order valence-electron chi connectivity index (χ0n) is 9.46. The summed E-state index contributed by atoms with van der Waals surface area (Å²) in [5.41, 5.74) is -0.0570. The van der Waals surface area contributed by atoms with E-state index in [1.54, 1.807) is 17.0 Å². The average molecular weight is 223 g/mol. The molecule has 1 aromatic heterocycles. The van der Waals surface area contributed by atoms with Crippen LogP contribution in [0.2, 0.25) is 0 Å². The number of β-amino-alcohol motifs (C(OH)–C–C–N with tert-alkyl or cyclic N) is 1. The molecular formula is C11H17N3O2. The lowest BCUT2D eigenvalue weighted by atomic mass is 10.3. The first-order valence-electron chi connectivity index (χ1n) is 5.71. The highest BCUT2D eigenvalue weighted by Crippen LogP contribution is 2.13. The molecule has 1 aliphatic heterocycles. The minimum Gasteiger partial charge on any atom is -0.391 e. The number of aliphatic hydroxyl groups is 1. The SMILES string of the molecule is CCCn1ccnc(N2CCC(O)C2)c1=O. The number of rotatable bonds is 3. The van der Waals surface area contributed by atoms with E-state index in [0.29, 0.717) is 31.9 Å². The van der Waals surface area contributed by atoms with E-state index in [9.17, 15) is 9.90 Å². The minimum absolute atomic E-state index is 0.0570. The van der Waals surface area contributed by atoms with E-state index in [1.165, 1.54) is 0 Å². The Morgan fingerprint density at radius 1 is 1.62 bits per heavy atom. The molecule has 2 rings (SSSR count). The maximum absolute atomic E-state index is 12.0. The summed E-state index contributed by atoms with van der Waals surface area (Å²) < 4.78 is 1.67. The number of aliphatic hydroxyl groups excluding tert-OH is 1. The van der Waals surface area contributed by atoms with Crippen LogP contribution in [0.4, 0.5) is 5.82 Å². The van der Waals surface area contributed by atoms with Gasteiger partial charge in [0.25, 0.3) is 5.56 Å². The number of aryl methyl sites for hydroxylation is 1. The van der Waals surface area contributed by atoms with Crippen LogP contribution in [0.1, 0.15) is 19.8 Å². The van der Waals surface area contributed by atoms with Crippen LogP contribution < -0.4 is 10.5 Å². The average Bonchev–Trinajstić information content (AvgIpc) is 2.68. The van der Waals surface area contributed by atoms with E-state index in [-0.39, 0.29) is 11.7 Å². The van der Waals surface area contributed by atoms with Crippen LogP contribution in [0.15, 0.2) is 17.2 Å². The molecule has 0 aliphatic carbocycles. The standard InChI is InChI=1S/C11H17N3O2/c1-2-5-13-7-4-12-10(11(13)16)14-6-3-9(15)8-14/h4,7,9,15H,2-3,5-6,8H2,1H3. The first kappa shape index (κ1) is 11.1. The molecule has 1 aliphatic rings. The molecule has 2 heterocycles. The van der Waals surface area contributed by atoms with E-state index in [4.69, 9.17) is 0 Å². The summed E-state index contributed by atoms with van der Waals surface area (Å²) in [6.07, 6.45) is 4.66. The maximum Gasteiger partial charge on any atom is 0.293 e. The molecule has 0 bridgehead atoms. The third-order valence-electron chi connectivity index (χ3n) is 2.82. The molecule has 1 N–H and O–H groups in total. The topological polar surface area (TPSA) is 58.4 Å². The Labute approximate surface area is 94.3 Å². The fourth-order valence-corrected chi connectivity index (χ4v) is 2.00. The van der Waals surface area contributed by atoms with Gasteiger partial charge in [0.05, 0.1) is 6.10 Å². The van der Waals surface area contributed by atoms with E-state index in [2.05, 4.69) is 4.98 Å². The van der Waals surface area contributed by atoms with Gasteiger partial charge in [0.15, 0.2) is 5.82 Å². The molecule has 16 heavy (non-hydrogen) atoms. The van der Waals surface area contributed by atoms with Crippen LogP contribution in [-0.2, 0) is 6.54 Å². The van der Waals surface area contributed by atoms with Crippen molar-refractivity contribution in [1.82, 2.24) is 9.55 Å². The van der Waals surface area contributed by atoms with Gasteiger partial charge in [-0.05, 0) is 12.8 Å². The normalized spacial score (nSPS) is 20.4.